The molecule has 1 N–H and O–H groups in total. The fourth-order valence-corrected chi connectivity index (χ4v) is 2.49. The van der Waals surface area contributed by atoms with E-state index in [0.29, 0.717) is 23.8 Å². The number of nitrogens with zero attached hydrogens (tertiary/aromatic N) is 2. The first-order valence-electron chi connectivity index (χ1n) is 6.48. The Hall–Kier alpha value is -1.46. The molecule has 0 fully saturated rings. The summed E-state index contributed by atoms with van der Waals surface area (Å²) >= 11 is 6.14. The highest BCUT2D eigenvalue weighted by Gasteiger charge is 2.26. The third kappa shape index (κ3) is 2.69. The van der Waals surface area contributed by atoms with Crippen molar-refractivity contribution in [3.8, 4) is 0 Å². The Labute approximate surface area is 121 Å². The lowest BCUT2D eigenvalue weighted by Gasteiger charge is -2.21. The Balaban J connectivity index is 2.59. The van der Waals surface area contributed by atoms with E-state index in [2.05, 4.69) is 10.4 Å². The molecule has 1 unspecified atom stereocenters. The molecule has 108 valence electrons. The molecule has 0 aliphatic heterocycles. The van der Waals surface area contributed by atoms with Gasteiger partial charge in [-0.25, -0.2) is 8.78 Å². The normalized spacial score (nSPS) is 12.7. The summed E-state index contributed by atoms with van der Waals surface area (Å²) in [7, 11) is 0. The summed E-state index contributed by atoms with van der Waals surface area (Å²) in [6, 6.07) is 3.15. The van der Waals surface area contributed by atoms with Crippen molar-refractivity contribution in [2.24, 2.45) is 0 Å². The van der Waals surface area contributed by atoms with Crippen LogP contribution >= 0.6 is 11.6 Å². The maximum atomic E-state index is 14.0. The second-order valence-electron chi connectivity index (χ2n) is 4.32. The number of halogens is 3. The first kappa shape index (κ1) is 14.9. The summed E-state index contributed by atoms with van der Waals surface area (Å²) in [6.07, 6.45) is 1.49. The summed E-state index contributed by atoms with van der Waals surface area (Å²) in [5.74, 6) is -1.20. The van der Waals surface area contributed by atoms with Crippen LogP contribution in [-0.4, -0.2) is 16.3 Å². The lowest BCUT2D eigenvalue weighted by atomic mass is 10.0. The number of aromatic nitrogens is 2. The van der Waals surface area contributed by atoms with Crippen LogP contribution in [0.4, 0.5) is 8.78 Å². The third-order valence-electron chi connectivity index (χ3n) is 3.10. The molecule has 0 aliphatic carbocycles. The molecule has 1 aromatic carbocycles. The predicted molar refractivity (Wildman–Crippen MR) is 74.8 cm³/mol. The highest BCUT2D eigenvalue weighted by atomic mass is 35.5. The Kier molecular flexibility index (Phi) is 4.73. The van der Waals surface area contributed by atoms with Crippen LogP contribution in [0.5, 0.6) is 0 Å². The topological polar surface area (TPSA) is 29.9 Å². The van der Waals surface area contributed by atoms with Crippen molar-refractivity contribution < 1.29 is 8.78 Å². The monoisotopic (exact) mass is 299 g/mol. The average molecular weight is 300 g/mol. The van der Waals surface area contributed by atoms with Gasteiger partial charge in [0, 0.05) is 12.1 Å². The smallest absolute Gasteiger partial charge is 0.131 e. The van der Waals surface area contributed by atoms with Gasteiger partial charge in [-0.2, -0.15) is 5.10 Å². The summed E-state index contributed by atoms with van der Waals surface area (Å²) in [5, 5.41) is 7.58. The van der Waals surface area contributed by atoms with E-state index < -0.39 is 17.7 Å². The standard InChI is InChI=1S/C14H16ClF2N3/c1-3-18-13(12-10(16)6-5-7-11(12)17)14-9(15)8-19-20(14)4-2/h5-8,13,18H,3-4H2,1-2H3. The zero-order valence-electron chi connectivity index (χ0n) is 11.3. The maximum Gasteiger partial charge on any atom is 0.131 e. The lowest BCUT2D eigenvalue weighted by molar-refractivity contribution is 0.484. The van der Waals surface area contributed by atoms with Gasteiger partial charge in [0.15, 0.2) is 0 Å². The van der Waals surface area contributed by atoms with Gasteiger partial charge in [-0.3, -0.25) is 4.68 Å². The van der Waals surface area contributed by atoms with E-state index in [1.54, 1.807) is 4.68 Å². The van der Waals surface area contributed by atoms with Crippen molar-refractivity contribution >= 4 is 11.6 Å². The Morgan fingerprint density at radius 1 is 1.30 bits per heavy atom. The molecule has 20 heavy (non-hydrogen) atoms. The Morgan fingerprint density at radius 3 is 2.50 bits per heavy atom. The van der Waals surface area contributed by atoms with E-state index in [1.807, 2.05) is 13.8 Å². The van der Waals surface area contributed by atoms with Crippen molar-refractivity contribution in [2.75, 3.05) is 6.54 Å². The van der Waals surface area contributed by atoms with Gasteiger partial charge < -0.3 is 5.32 Å². The minimum absolute atomic E-state index is 0.0357. The minimum atomic E-state index is -0.670. The zero-order valence-corrected chi connectivity index (χ0v) is 12.1. The number of nitrogens with one attached hydrogen (secondary N) is 1. The first-order valence-corrected chi connectivity index (χ1v) is 6.86. The van der Waals surface area contributed by atoms with Crippen LogP contribution in [0.15, 0.2) is 24.4 Å². The summed E-state index contributed by atoms with van der Waals surface area (Å²) in [4.78, 5) is 0. The fraction of sp³-hybridized carbons (Fsp3) is 0.357. The van der Waals surface area contributed by atoms with Crippen LogP contribution in [0, 0.1) is 11.6 Å². The van der Waals surface area contributed by atoms with Crippen LogP contribution < -0.4 is 5.32 Å². The van der Waals surface area contributed by atoms with Crippen molar-refractivity contribution in [3.05, 3.63) is 52.3 Å². The van der Waals surface area contributed by atoms with Gasteiger partial charge in [-0.15, -0.1) is 0 Å². The van der Waals surface area contributed by atoms with Crippen LogP contribution in [0.1, 0.15) is 31.1 Å². The molecule has 2 rings (SSSR count). The number of hydrogen-bond acceptors (Lipinski definition) is 2. The molecular weight excluding hydrogens is 284 g/mol. The SMILES string of the molecule is CCNC(c1c(F)cccc1F)c1c(Cl)cnn1CC. The highest BCUT2D eigenvalue weighted by molar-refractivity contribution is 6.31. The largest absolute Gasteiger partial charge is 0.305 e. The van der Waals surface area contributed by atoms with Gasteiger partial charge in [-0.1, -0.05) is 24.6 Å². The highest BCUT2D eigenvalue weighted by Crippen LogP contribution is 2.31. The zero-order chi connectivity index (χ0) is 14.7. The third-order valence-corrected chi connectivity index (χ3v) is 3.39. The van der Waals surface area contributed by atoms with E-state index in [0.717, 1.165) is 0 Å². The number of benzene rings is 1. The number of hydrogen-bond donors (Lipinski definition) is 1. The van der Waals surface area contributed by atoms with Crippen LogP contribution in [0.25, 0.3) is 0 Å². The van der Waals surface area contributed by atoms with E-state index in [9.17, 15) is 8.78 Å². The molecule has 0 radical (unpaired) electrons. The maximum absolute atomic E-state index is 14.0. The molecule has 0 saturated carbocycles. The first-order chi connectivity index (χ1) is 9.60. The lowest BCUT2D eigenvalue weighted by Crippen LogP contribution is -2.27. The molecule has 1 heterocycles. The molecule has 2 aromatic rings. The fourth-order valence-electron chi connectivity index (χ4n) is 2.24. The van der Waals surface area contributed by atoms with E-state index >= 15 is 0 Å². The van der Waals surface area contributed by atoms with Gasteiger partial charge in [0.1, 0.15) is 11.6 Å². The van der Waals surface area contributed by atoms with Crippen molar-refractivity contribution in [2.45, 2.75) is 26.4 Å². The number of aryl methyl sites for hydroxylation is 1. The van der Waals surface area contributed by atoms with Gasteiger partial charge >= 0.3 is 0 Å². The molecule has 1 aromatic heterocycles. The number of rotatable bonds is 5. The molecule has 0 spiro atoms. The van der Waals surface area contributed by atoms with E-state index in [-0.39, 0.29) is 5.56 Å². The molecule has 0 saturated heterocycles. The molecular formula is C14H16ClF2N3. The molecule has 0 amide bonds. The summed E-state index contributed by atoms with van der Waals surface area (Å²) in [6.45, 7) is 4.88. The van der Waals surface area contributed by atoms with E-state index in [4.69, 9.17) is 11.6 Å². The van der Waals surface area contributed by atoms with Crippen LogP contribution in [-0.2, 0) is 6.54 Å². The van der Waals surface area contributed by atoms with Gasteiger partial charge in [-0.05, 0) is 25.6 Å². The van der Waals surface area contributed by atoms with E-state index in [1.165, 1.54) is 24.4 Å². The second kappa shape index (κ2) is 6.33. The molecule has 3 nitrogen and oxygen atoms in total. The predicted octanol–water partition coefficient (Wildman–Crippen LogP) is 3.53. The Bertz CT molecular complexity index is 578. The van der Waals surface area contributed by atoms with Crippen LogP contribution in [0.3, 0.4) is 0 Å². The molecule has 0 aliphatic rings. The summed E-state index contributed by atoms with van der Waals surface area (Å²) in [5.41, 5.74) is 0.534. The molecule has 1 atom stereocenters. The van der Waals surface area contributed by atoms with Gasteiger partial charge in [0.25, 0.3) is 0 Å². The molecule has 6 heteroatoms. The minimum Gasteiger partial charge on any atom is -0.305 e. The summed E-state index contributed by atoms with van der Waals surface area (Å²) < 4.78 is 29.7. The molecule has 0 bridgehead atoms. The van der Waals surface area contributed by atoms with Crippen molar-refractivity contribution in [1.82, 2.24) is 15.1 Å². The van der Waals surface area contributed by atoms with Gasteiger partial charge in [0.05, 0.1) is 23.0 Å². The van der Waals surface area contributed by atoms with Crippen molar-refractivity contribution in [3.63, 3.8) is 0 Å². The second-order valence-corrected chi connectivity index (χ2v) is 4.73. The van der Waals surface area contributed by atoms with Crippen molar-refractivity contribution in [1.29, 1.82) is 0 Å². The van der Waals surface area contributed by atoms with Gasteiger partial charge in [0.2, 0.25) is 0 Å². The average Bonchev–Trinajstić information content (AvgIpc) is 2.78. The Morgan fingerprint density at radius 2 is 1.95 bits per heavy atom. The van der Waals surface area contributed by atoms with Crippen LogP contribution in [0.2, 0.25) is 5.02 Å². The quantitative estimate of drug-likeness (QED) is 0.915.